The quantitative estimate of drug-likeness (QED) is 0.726. The molecule has 0 aromatic heterocycles. The van der Waals surface area contributed by atoms with E-state index in [0.717, 1.165) is 12.8 Å². The van der Waals surface area contributed by atoms with Crippen molar-refractivity contribution in [1.29, 1.82) is 0 Å². The second-order valence-electron chi connectivity index (χ2n) is 3.64. The van der Waals surface area contributed by atoms with E-state index < -0.39 is 12.8 Å². The normalized spacial score (nSPS) is 19.7. The number of ether oxygens (including phenoxy) is 1. The summed E-state index contributed by atoms with van der Waals surface area (Å²) < 4.78 is 40.2. The van der Waals surface area contributed by atoms with Gasteiger partial charge in [0.15, 0.2) is 0 Å². The van der Waals surface area contributed by atoms with Crippen LogP contribution in [0.4, 0.5) is 13.2 Å². The van der Waals surface area contributed by atoms with Gasteiger partial charge in [-0.3, -0.25) is 0 Å². The molecule has 1 atom stereocenters. The lowest BCUT2D eigenvalue weighted by Gasteiger charge is -2.17. The average molecular weight is 211 g/mol. The maximum Gasteiger partial charge on any atom is 0.411 e. The summed E-state index contributed by atoms with van der Waals surface area (Å²) in [5.41, 5.74) is 0. The zero-order chi connectivity index (χ0) is 10.6. The first-order chi connectivity index (χ1) is 6.51. The Morgan fingerprint density at radius 1 is 1.43 bits per heavy atom. The molecule has 0 bridgehead atoms. The molecule has 0 amide bonds. The zero-order valence-electron chi connectivity index (χ0n) is 8.23. The summed E-state index contributed by atoms with van der Waals surface area (Å²) in [6.07, 6.45) is -1.66. The molecule has 0 radical (unpaired) electrons. The highest BCUT2D eigenvalue weighted by molar-refractivity contribution is 4.81. The molecule has 0 aliphatic heterocycles. The summed E-state index contributed by atoms with van der Waals surface area (Å²) in [7, 11) is 0. The van der Waals surface area contributed by atoms with Crippen molar-refractivity contribution in [3.63, 3.8) is 0 Å². The Morgan fingerprint density at radius 2 is 2.07 bits per heavy atom. The Labute approximate surface area is 81.8 Å². The Bertz CT molecular complexity index is 168. The van der Waals surface area contributed by atoms with E-state index in [0.29, 0.717) is 19.0 Å². The van der Waals surface area contributed by atoms with Crippen LogP contribution in [0.1, 0.15) is 26.2 Å². The van der Waals surface area contributed by atoms with Crippen LogP contribution >= 0.6 is 0 Å². The van der Waals surface area contributed by atoms with E-state index in [-0.39, 0.29) is 6.10 Å². The van der Waals surface area contributed by atoms with Gasteiger partial charge in [0.25, 0.3) is 0 Å². The molecule has 0 aromatic rings. The maximum absolute atomic E-state index is 11.8. The van der Waals surface area contributed by atoms with E-state index in [1.54, 1.807) is 0 Å². The molecule has 1 fully saturated rings. The van der Waals surface area contributed by atoms with Crippen molar-refractivity contribution in [2.24, 2.45) is 0 Å². The van der Waals surface area contributed by atoms with Gasteiger partial charge >= 0.3 is 6.18 Å². The highest BCUT2D eigenvalue weighted by Crippen LogP contribution is 2.19. The lowest BCUT2D eigenvalue weighted by atomic mass is 10.3. The minimum Gasteiger partial charge on any atom is -0.367 e. The average Bonchev–Trinajstić information content (AvgIpc) is 2.86. The third-order valence-corrected chi connectivity index (χ3v) is 2.15. The van der Waals surface area contributed by atoms with Gasteiger partial charge in [-0.1, -0.05) is 6.92 Å². The molecule has 0 spiro atoms. The van der Waals surface area contributed by atoms with Crippen LogP contribution in [0.2, 0.25) is 0 Å². The Morgan fingerprint density at radius 3 is 2.50 bits per heavy atom. The molecule has 1 aliphatic rings. The first-order valence-corrected chi connectivity index (χ1v) is 4.93. The predicted molar refractivity (Wildman–Crippen MR) is 47.1 cm³/mol. The van der Waals surface area contributed by atoms with E-state index in [1.165, 1.54) is 0 Å². The van der Waals surface area contributed by atoms with Crippen LogP contribution < -0.4 is 5.32 Å². The van der Waals surface area contributed by atoms with Gasteiger partial charge in [0.2, 0.25) is 0 Å². The van der Waals surface area contributed by atoms with Crippen LogP contribution in [0, 0.1) is 0 Å². The topological polar surface area (TPSA) is 21.3 Å². The van der Waals surface area contributed by atoms with E-state index in [9.17, 15) is 13.2 Å². The fourth-order valence-corrected chi connectivity index (χ4v) is 1.12. The molecule has 0 heterocycles. The first-order valence-electron chi connectivity index (χ1n) is 4.93. The highest BCUT2D eigenvalue weighted by Gasteiger charge is 2.29. The fourth-order valence-electron chi connectivity index (χ4n) is 1.12. The van der Waals surface area contributed by atoms with Gasteiger partial charge < -0.3 is 10.1 Å². The van der Waals surface area contributed by atoms with E-state index in [4.69, 9.17) is 4.74 Å². The second kappa shape index (κ2) is 4.98. The maximum atomic E-state index is 11.8. The third-order valence-electron chi connectivity index (χ3n) is 2.15. The van der Waals surface area contributed by atoms with Gasteiger partial charge in [-0.15, -0.1) is 0 Å². The smallest absolute Gasteiger partial charge is 0.367 e. The van der Waals surface area contributed by atoms with E-state index in [1.807, 2.05) is 6.92 Å². The summed E-state index contributed by atoms with van der Waals surface area (Å²) in [6, 6.07) is 0.513. The Kier molecular flexibility index (Phi) is 4.19. The second-order valence-corrected chi connectivity index (χ2v) is 3.64. The number of rotatable bonds is 6. The summed E-state index contributed by atoms with van der Waals surface area (Å²) in [6.45, 7) is 1.21. The van der Waals surface area contributed by atoms with Crippen LogP contribution in [0.25, 0.3) is 0 Å². The molecule has 5 heteroatoms. The van der Waals surface area contributed by atoms with Crippen molar-refractivity contribution in [3.8, 4) is 0 Å². The van der Waals surface area contributed by atoms with Crippen molar-refractivity contribution < 1.29 is 17.9 Å². The summed E-state index contributed by atoms with van der Waals surface area (Å²) in [4.78, 5) is 0. The fraction of sp³-hybridized carbons (Fsp3) is 1.00. The minimum absolute atomic E-state index is 0.322. The zero-order valence-corrected chi connectivity index (χ0v) is 8.23. The van der Waals surface area contributed by atoms with Gasteiger partial charge in [0.1, 0.15) is 6.61 Å². The minimum atomic E-state index is -4.22. The number of halogens is 3. The van der Waals surface area contributed by atoms with Crippen LogP contribution in [-0.2, 0) is 4.74 Å². The first kappa shape index (κ1) is 11.8. The summed E-state index contributed by atoms with van der Waals surface area (Å²) in [5, 5.41) is 3.15. The van der Waals surface area contributed by atoms with Gasteiger partial charge in [-0.25, -0.2) is 0 Å². The number of alkyl halides is 3. The molecule has 2 nitrogen and oxygen atoms in total. The van der Waals surface area contributed by atoms with Gasteiger partial charge in [0, 0.05) is 12.6 Å². The molecular weight excluding hydrogens is 195 g/mol. The number of hydrogen-bond donors (Lipinski definition) is 1. The van der Waals surface area contributed by atoms with Crippen LogP contribution in [0.3, 0.4) is 0 Å². The third kappa shape index (κ3) is 5.44. The standard InChI is InChI=1S/C9H16F3NO/c1-2-8(5-13-7-3-4-7)14-6-9(10,11)12/h7-8,13H,2-6H2,1H3. The molecule has 1 N–H and O–H groups in total. The van der Waals surface area contributed by atoms with Crippen molar-refractivity contribution in [2.45, 2.75) is 44.5 Å². The van der Waals surface area contributed by atoms with Crippen molar-refractivity contribution in [2.75, 3.05) is 13.2 Å². The molecule has 0 aromatic carbocycles. The molecular formula is C9H16F3NO. The molecule has 84 valence electrons. The largest absolute Gasteiger partial charge is 0.411 e. The summed E-state index contributed by atoms with van der Waals surface area (Å²) in [5.74, 6) is 0. The lowest BCUT2D eigenvalue weighted by molar-refractivity contribution is -0.185. The van der Waals surface area contributed by atoms with Crippen LogP contribution in [-0.4, -0.2) is 31.5 Å². The molecule has 0 saturated heterocycles. The van der Waals surface area contributed by atoms with Gasteiger partial charge in [0.05, 0.1) is 6.10 Å². The molecule has 1 unspecified atom stereocenters. The molecule has 1 aliphatic carbocycles. The number of nitrogens with one attached hydrogen (secondary N) is 1. The number of hydrogen-bond acceptors (Lipinski definition) is 2. The monoisotopic (exact) mass is 211 g/mol. The molecule has 1 rings (SSSR count). The van der Waals surface area contributed by atoms with Gasteiger partial charge in [-0.2, -0.15) is 13.2 Å². The molecule has 14 heavy (non-hydrogen) atoms. The lowest BCUT2D eigenvalue weighted by Crippen LogP contribution is -2.33. The van der Waals surface area contributed by atoms with Crippen LogP contribution in [0.5, 0.6) is 0 Å². The summed E-state index contributed by atoms with van der Waals surface area (Å²) >= 11 is 0. The Hall–Kier alpha value is -0.290. The van der Waals surface area contributed by atoms with E-state index >= 15 is 0 Å². The van der Waals surface area contributed by atoms with Crippen molar-refractivity contribution >= 4 is 0 Å². The van der Waals surface area contributed by atoms with Crippen LogP contribution in [0.15, 0.2) is 0 Å². The van der Waals surface area contributed by atoms with Gasteiger partial charge in [-0.05, 0) is 19.3 Å². The van der Waals surface area contributed by atoms with E-state index in [2.05, 4.69) is 5.32 Å². The highest BCUT2D eigenvalue weighted by atomic mass is 19.4. The molecule has 1 saturated carbocycles. The Balaban J connectivity index is 2.10. The SMILES string of the molecule is CCC(CNC1CC1)OCC(F)(F)F. The van der Waals surface area contributed by atoms with Crippen molar-refractivity contribution in [1.82, 2.24) is 5.32 Å². The predicted octanol–water partition coefficient (Wildman–Crippen LogP) is 2.10. The van der Waals surface area contributed by atoms with Crippen molar-refractivity contribution in [3.05, 3.63) is 0 Å².